The standard InChI is InChI=1S/C15H23N3O3/c1-21-15(20)7-5-3-2-4-6-14(19)18-17-13-10-8-12(16)9-11-13/h8-11,17H,2-7,16H2,1H3,(H,18,19). The molecule has 0 heterocycles. The second-order valence-corrected chi connectivity index (χ2v) is 4.79. The molecule has 0 unspecified atom stereocenters. The van der Waals surface area contributed by atoms with Gasteiger partial charge in [0.15, 0.2) is 0 Å². The predicted molar refractivity (Wildman–Crippen MR) is 82.3 cm³/mol. The van der Waals surface area contributed by atoms with E-state index in [4.69, 9.17) is 5.73 Å². The highest BCUT2D eigenvalue weighted by Gasteiger charge is 2.02. The summed E-state index contributed by atoms with van der Waals surface area (Å²) >= 11 is 0. The van der Waals surface area contributed by atoms with Crippen LogP contribution < -0.4 is 16.6 Å². The van der Waals surface area contributed by atoms with Crippen LogP contribution in [0.5, 0.6) is 0 Å². The van der Waals surface area contributed by atoms with Gasteiger partial charge in [-0.1, -0.05) is 12.8 Å². The highest BCUT2D eigenvalue weighted by Crippen LogP contribution is 2.09. The summed E-state index contributed by atoms with van der Waals surface area (Å²) < 4.78 is 4.56. The number of ether oxygens (including phenoxy) is 1. The van der Waals surface area contributed by atoms with Gasteiger partial charge in [0.2, 0.25) is 5.91 Å². The fraction of sp³-hybridized carbons (Fsp3) is 0.467. The minimum absolute atomic E-state index is 0.0557. The number of nitrogens with two attached hydrogens (primary N) is 1. The van der Waals surface area contributed by atoms with E-state index < -0.39 is 0 Å². The molecule has 6 nitrogen and oxygen atoms in total. The SMILES string of the molecule is COC(=O)CCCCCCC(=O)NNc1ccc(N)cc1. The zero-order chi connectivity index (χ0) is 15.5. The van der Waals surface area contributed by atoms with Gasteiger partial charge in [-0.3, -0.25) is 20.4 Å². The first-order valence-electron chi connectivity index (χ1n) is 7.09. The van der Waals surface area contributed by atoms with Gasteiger partial charge in [0, 0.05) is 18.5 Å². The van der Waals surface area contributed by atoms with E-state index in [1.54, 1.807) is 24.3 Å². The van der Waals surface area contributed by atoms with Crippen LogP contribution in [0, 0.1) is 0 Å². The van der Waals surface area contributed by atoms with Gasteiger partial charge in [0.25, 0.3) is 0 Å². The molecule has 0 bridgehead atoms. The summed E-state index contributed by atoms with van der Waals surface area (Å²) in [6, 6.07) is 7.11. The maximum Gasteiger partial charge on any atom is 0.305 e. The normalized spacial score (nSPS) is 9.95. The molecule has 0 aliphatic rings. The molecule has 116 valence electrons. The third-order valence-corrected chi connectivity index (χ3v) is 3.02. The minimum atomic E-state index is -0.180. The van der Waals surface area contributed by atoms with Gasteiger partial charge in [0.05, 0.1) is 12.8 Å². The molecule has 4 N–H and O–H groups in total. The lowest BCUT2D eigenvalue weighted by molar-refractivity contribution is -0.140. The average Bonchev–Trinajstić information content (AvgIpc) is 2.49. The number of carbonyl (C=O) groups is 2. The Kier molecular flexibility index (Phi) is 7.71. The fourth-order valence-corrected chi connectivity index (χ4v) is 1.78. The number of hydrogen-bond acceptors (Lipinski definition) is 5. The molecule has 0 aliphatic heterocycles. The first-order valence-corrected chi connectivity index (χ1v) is 7.09. The summed E-state index contributed by atoms with van der Waals surface area (Å²) in [7, 11) is 1.39. The Morgan fingerprint density at radius 1 is 1.05 bits per heavy atom. The van der Waals surface area contributed by atoms with Crippen LogP contribution in [0.25, 0.3) is 0 Å². The van der Waals surface area contributed by atoms with E-state index in [9.17, 15) is 9.59 Å². The number of hydrogen-bond donors (Lipinski definition) is 3. The van der Waals surface area contributed by atoms with E-state index in [1.807, 2.05) is 0 Å². The number of amides is 1. The number of hydrazine groups is 1. The van der Waals surface area contributed by atoms with Crippen molar-refractivity contribution < 1.29 is 14.3 Å². The molecule has 0 atom stereocenters. The lowest BCUT2D eigenvalue weighted by Crippen LogP contribution is -2.28. The molecule has 1 aromatic carbocycles. The summed E-state index contributed by atoms with van der Waals surface area (Å²) in [4.78, 5) is 22.5. The van der Waals surface area contributed by atoms with E-state index >= 15 is 0 Å². The van der Waals surface area contributed by atoms with Crippen molar-refractivity contribution in [1.82, 2.24) is 5.43 Å². The Balaban J connectivity index is 2.04. The minimum Gasteiger partial charge on any atom is -0.469 e. The first kappa shape index (κ1) is 16.8. The van der Waals surface area contributed by atoms with Gasteiger partial charge < -0.3 is 10.5 Å². The number of methoxy groups -OCH3 is 1. The van der Waals surface area contributed by atoms with Gasteiger partial charge >= 0.3 is 5.97 Å². The van der Waals surface area contributed by atoms with E-state index in [1.165, 1.54) is 7.11 Å². The Hall–Kier alpha value is -2.24. The molecule has 0 saturated heterocycles. The summed E-state index contributed by atoms with van der Waals surface area (Å²) in [5.41, 5.74) is 12.5. The van der Waals surface area contributed by atoms with Crippen molar-refractivity contribution >= 4 is 23.3 Å². The molecule has 0 spiro atoms. The van der Waals surface area contributed by atoms with Crippen LogP contribution >= 0.6 is 0 Å². The molecule has 1 amide bonds. The Morgan fingerprint density at radius 3 is 2.29 bits per heavy atom. The third kappa shape index (κ3) is 7.81. The molecule has 0 aliphatic carbocycles. The molecule has 21 heavy (non-hydrogen) atoms. The van der Waals surface area contributed by atoms with Crippen molar-refractivity contribution in [2.45, 2.75) is 38.5 Å². The quantitative estimate of drug-likeness (QED) is 0.281. The molecule has 1 rings (SSSR count). The lowest BCUT2D eigenvalue weighted by Gasteiger charge is -2.08. The smallest absolute Gasteiger partial charge is 0.305 e. The Morgan fingerprint density at radius 2 is 1.67 bits per heavy atom. The number of nitrogen functional groups attached to an aromatic ring is 1. The van der Waals surface area contributed by atoms with Crippen LogP contribution in [0.4, 0.5) is 11.4 Å². The van der Waals surface area contributed by atoms with Crippen molar-refractivity contribution in [2.24, 2.45) is 0 Å². The van der Waals surface area contributed by atoms with E-state index in [2.05, 4.69) is 15.6 Å². The summed E-state index contributed by atoms with van der Waals surface area (Å²) in [6.07, 6.45) is 4.36. The highest BCUT2D eigenvalue weighted by atomic mass is 16.5. The van der Waals surface area contributed by atoms with Crippen LogP contribution in [0.1, 0.15) is 38.5 Å². The number of carbonyl (C=O) groups excluding carboxylic acids is 2. The first-order chi connectivity index (χ1) is 10.1. The van der Waals surface area contributed by atoms with Crippen LogP contribution in [0.3, 0.4) is 0 Å². The van der Waals surface area contributed by atoms with Crippen molar-refractivity contribution in [3.05, 3.63) is 24.3 Å². The molecule has 0 fully saturated rings. The Bertz CT molecular complexity index is 446. The number of nitrogens with one attached hydrogen (secondary N) is 2. The maximum atomic E-state index is 11.6. The third-order valence-electron chi connectivity index (χ3n) is 3.02. The molecule has 0 saturated carbocycles. The van der Waals surface area contributed by atoms with Crippen molar-refractivity contribution in [1.29, 1.82) is 0 Å². The van der Waals surface area contributed by atoms with Crippen LogP contribution in [0.2, 0.25) is 0 Å². The second-order valence-electron chi connectivity index (χ2n) is 4.79. The van der Waals surface area contributed by atoms with E-state index in [0.29, 0.717) is 18.5 Å². The van der Waals surface area contributed by atoms with Gasteiger partial charge in [-0.2, -0.15) is 0 Å². The number of esters is 1. The number of benzene rings is 1. The van der Waals surface area contributed by atoms with Crippen molar-refractivity contribution in [2.75, 3.05) is 18.3 Å². The zero-order valence-electron chi connectivity index (χ0n) is 12.4. The largest absolute Gasteiger partial charge is 0.469 e. The second kappa shape index (κ2) is 9.63. The summed E-state index contributed by atoms with van der Waals surface area (Å²) in [6.45, 7) is 0. The molecule has 6 heteroatoms. The number of unbranched alkanes of at least 4 members (excludes halogenated alkanes) is 3. The molecule has 1 aromatic rings. The maximum absolute atomic E-state index is 11.6. The van der Waals surface area contributed by atoms with E-state index in [0.717, 1.165) is 31.4 Å². The highest BCUT2D eigenvalue weighted by molar-refractivity contribution is 5.77. The summed E-state index contributed by atoms with van der Waals surface area (Å²) in [5, 5.41) is 0. The lowest BCUT2D eigenvalue weighted by atomic mass is 10.1. The van der Waals surface area contributed by atoms with Gasteiger partial charge in [0.1, 0.15) is 0 Å². The van der Waals surface area contributed by atoms with Crippen LogP contribution in [0.15, 0.2) is 24.3 Å². The number of rotatable bonds is 9. The Labute approximate surface area is 125 Å². The predicted octanol–water partition coefficient (Wildman–Crippen LogP) is 2.23. The average molecular weight is 293 g/mol. The summed E-state index contributed by atoms with van der Waals surface area (Å²) in [5.74, 6) is -0.236. The molecule has 0 radical (unpaired) electrons. The van der Waals surface area contributed by atoms with Gasteiger partial charge in [-0.25, -0.2) is 0 Å². The van der Waals surface area contributed by atoms with Crippen LogP contribution in [-0.2, 0) is 14.3 Å². The topological polar surface area (TPSA) is 93.5 Å². The van der Waals surface area contributed by atoms with Crippen molar-refractivity contribution in [3.8, 4) is 0 Å². The molecule has 0 aromatic heterocycles. The molecular weight excluding hydrogens is 270 g/mol. The van der Waals surface area contributed by atoms with Gasteiger partial charge in [-0.15, -0.1) is 0 Å². The van der Waals surface area contributed by atoms with Gasteiger partial charge in [-0.05, 0) is 37.1 Å². The zero-order valence-corrected chi connectivity index (χ0v) is 12.4. The van der Waals surface area contributed by atoms with Crippen LogP contribution in [-0.4, -0.2) is 19.0 Å². The monoisotopic (exact) mass is 293 g/mol. The van der Waals surface area contributed by atoms with Crippen molar-refractivity contribution in [3.63, 3.8) is 0 Å². The van der Waals surface area contributed by atoms with E-state index in [-0.39, 0.29) is 11.9 Å². The fourth-order valence-electron chi connectivity index (χ4n) is 1.78. The molecular formula is C15H23N3O3. The number of anilines is 2.